The molecule has 132 valence electrons. The summed E-state index contributed by atoms with van der Waals surface area (Å²) in [4.78, 5) is 0. The highest BCUT2D eigenvalue weighted by Gasteiger charge is 2.21. The number of benzene rings is 2. The first-order valence-electron chi connectivity index (χ1n) is 8.63. The topological polar surface area (TPSA) is 0 Å². The quantitative estimate of drug-likeness (QED) is 0.448. The van der Waals surface area contributed by atoms with Crippen LogP contribution in [0, 0.1) is 23.3 Å². The number of unbranched alkanes of at least 4 members (excludes halogenated alkanes) is 2. The van der Waals surface area contributed by atoms with E-state index in [4.69, 9.17) is 0 Å². The lowest BCUT2D eigenvalue weighted by atomic mass is 9.87. The van der Waals surface area contributed by atoms with Crippen molar-refractivity contribution in [1.82, 2.24) is 0 Å². The predicted octanol–water partition coefficient (Wildman–Crippen LogP) is 6.16. The monoisotopic (exact) mass is 348 g/mol. The summed E-state index contributed by atoms with van der Waals surface area (Å²) >= 11 is 0. The van der Waals surface area contributed by atoms with Crippen LogP contribution < -0.4 is 0 Å². The van der Waals surface area contributed by atoms with Gasteiger partial charge >= 0.3 is 0 Å². The maximum atomic E-state index is 14.5. The molecule has 0 radical (unpaired) electrons. The van der Waals surface area contributed by atoms with Gasteiger partial charge in [-0.05, 0) is 72.2 Å². The molecular weight excluding hydrogens is 328 g/mol. The van der Waals surface area contributed by atoms with Crippen molar-refractivity contribution in [1.29, 1.82) is 0 Å². The molecule has 0 N–H and O–H groups in total. The molecule has 3 rings (SSSR count). The molecule has 0 amide bonds. The Morgan fingerprint density at radius 1 is 0.800 bits per heavy atom. The van der Waals surface area contributed by atoms with Crippen LogP contribution in [0.5, 0.6) is 0 Å². The molecule has 0 fully saturated rings. The fourth-order valence-electron chi connectivity index (χ4n) is 3.34. The molecule has 0 atom stereocenters. The van der Waals surface area contributed by atoms with Gasteiger partial charge in [-0.3, -0.25) is 0 Å². The minimum atomic E-state index is -0.938. The third-order valence-corrected chi connectivity index (χ3v) is 4.68. The Hall–Kier alpha value is -2.10. The molecule has 0 heterocycles. The van der Waals surface area contributed by atoms with E-state index in [1.54, 1.807) is 6.08 Å². The highest BCUT2D eigenvalue weighted by molar-refractivity contribution is 5.71. The summed E-state index contributed by atoms with van der Waals surface area (Å²) in [7, 11) is 0. The summed E-state index contributed by atoms with van der Waals surface area (Å²) in [5.41, 5.74) is 2.29. The number of halogens is 4. The summed E-state index contributed by atoms with van der Waals surface area (Å²) in [6.45, 7) is 2.08. The SMILES string of the molecule is CCCCCc1cc(F)c(C2=CCc3cc(F)c(F)cc3C2)c(F)c1. The van der Waals surface area contributed by atoms with Crippen LogP contribution in [-0.2, 0) is 19.3 Å². The second-order valence-electron chi connectivity index (χ2n) is 6.54. The Balaban J connectivity index is 1.87. The Morgan fingerprint density at radius 2 is 1.44 bits per heavy atom. The van der Waals surface area contributed by atoms with Crippen molar-refractivity contribution in [3.05, 3.63) is 75.9 Å². The van der Waals surface area contributed by atoms with E-state index in [1.165, 1.54) is 12.1 Å². The minimum Gasteiger partial charge on any atom is -0.206 e. The van der Waals surface area contributed by atoms with Crippen LogP contribution in [-0.4, -0.2) is 0 Å². The largest absolute Gasteiger partial charge is 0.206 e. The van der Waals surface area contributed by atoms with Gasteiger partial charge in [-0.2, -0.15) is 0 Å². The molecule has 0 aliphatic heterocycles. The van der Waals surface area contributed by atoms with Gasteiger partial charge in [-0.1, -0.05) is 25.8 Å². The summed E-state index contributed by atoms with van der Waals surface area (Å²) in [5, 5.41) is 0. The van der Waals surface area contributed by atoms with Gasteiger partial charge in [0.15, 0.2) is 11.6 Å². The van der Waals surface area contributed by atoms with Gasteiger partial charge in [0.2, 0.25) is 0 Å². The second kappa shape index (κ2) is 7.42. The maximum Gasteiger partial charge on any atom is 0.159 e. The summed E-state index contributed by atoms with van der Waals surface area (Å²) in [6.07, 6.45) is 5.83. The van der Waals surface area contributed by atoms with Gasteiger partial charge in [0.1, 0.15) is 11.6 Å². The van der Waals surface area contributed by atoms with Crippen molar-refractivity contribution in [3.63, 3.8) is 0 Å². The lowest BCUT2D eigenvalue weighted by molar-refractivity contribution is 0.506. The van der Waals surface area contributed by atoms with Gasteiger partial charge in [0.05, 0.1) is 0 Å². The third-order valence-electron chi connectivity index (χ3n) is 4.68. The minimum absolute atomic E-state index is 0.0605. The van der Waals surface area contributed by atoms with E-state index in [2.05, 4.69) is 6.92 Å². The zero-order valence-electron chi connectivity index (χ0n) is 14.1. The standard InChI is InChI=1S/C21H20F4/c1-2-3-4-5-13-8-19(24)21(20(25)9-13)15-7-6-14-11-17(22)18(23)12-16(14)10-15/h7-9,11-12H,2-6,10H2,1H3. The molecule has 0 bridgehead atoms. The highest BCUT2D eigenvalue weighted by atomic mass is 19.2. The smallest absolute Gasteiger partial charge is 0.159 e. The van der Waals surface area contributed by atoms with E-state index < -0.39 is 23.3 Å². The maximum absolute atomic E-state index is 14.5. The number of hydrogen-bond donors (Lipinski definition) is 0. The van der Waals surface area contributed by atoms with Crippen molar-refractivity contribution in [2.75, 3.05) is 0 Å². The van der Waals surface area contributed by atoms with Crippen molar-refractivity contribution in [2.24, 2.45) is 0 Å². The third kappa shape index (κ3) is 3.78. The first-order valence-corrected chi connectivity index (χ1v) is 8.63. The zero-order chi connectivity index (χ0) is 18.0. The first-order chi connectivity index (χ1) is 12.0. The first kappa shape index (κ1) is 17.7. The average molecular weight is 348 g/mol. The Morgan fingerprint density at radius 3 is 2.08 bits per heavy atom. The van der Waals surface area contributed by atoms with Gasteiger partial charge in [0.25, 0.3) is 0 Å². The second-order valence-corrected chi connectivity index (χ2v) is 6.54. The molecule has 0 saturated carbocycles. The van der Waals surface area contributed by atoms with Crippen LogP contribution in [0.1, 0.15) is 48.4 Å². The molecule has 0 nitrogen and oxygen atoms in total. The van der Waals surface area contributed by atoms with Crippen molar-refractivity contribution in [2.45, 2.75) is 45.4 Å². The van der Waals surface area contributed by atoms with Crippen LogP contribution >= 0.6 is 0 Å². The van der Waals surface area contributed by atoms with Gasteiger partial charge in [0, 0.05) is 5.56 Å². The fourth-order valence-corrected chi connectivity index (χ4v) is 3.34. The van der Waals surface area contributed by atoms with Gasteiger partial charge in [-0.15, -0.1) is 0 Å². The summed E-state index contributed by atoms with van der Waals surface area (Å²) in [5.74, 6) is -3.02. The molecule has 1 aliphatic carbocycles. The molecule has 0 saturated heterocycles. The summed E-state index contributed by atoms with van der Waals surface area (Å²) < 4.78 is 55.8. The molecule has 4 heteroatoms. The normalized spacial score (nSPS) is 13.6. The highest BCUT2D eigenvalue weighted by Crippen LogP contribution is 2.32. The van der Waals surface area contributed by atoms with Crippen LogP contribution in [0.4, 0.5) is 17.6 Å². The number of rotatable bonds is 5. The van der Waals surface area contributed by atoms with Crippen molar-refractivity contribution < 1.29 is 17.6 Å². The van der Waals surface area contributed by atoms with Crippen LogP contribution in [0.25, 0.3) is 5.57 Å². The van der Waals surface area contributed by atoms with Crippen molar-refractivity contribution in [3.8, 4) is 0 Å². The average Bonchev–Trinajstić information content (AvgIpc) is 2.56. The molecule has 0 spiro atoms. The number of fused-ring (bicyclic) bond motifs is 1. The van der Waals surface area contributed by atoms with Crippen molar-refractivity contribution >= 4 is 5.57 Å². The molecule has 2 aromatic rings. The van der Waals surface area contributed by atoms with E-state index in [0.717, 1.165) is 31.4 Å². The van der Waals surface area contributed by atoms with Gasteiger partial charge in [-0.25, -0.2) is 17.6 Å². The van der Waals surface area contributed by atoms with Crippen LogP contribution in [0.2, 0.25) is 0 Å². The van der Waals surface area contributed by atoms with E-state index in [-0.39, 0.29) is 12.0 Å². The van der Waals surface area contributed by atoms with E-state index >= 15 is 0 Å². The van der Waals surface area contributed by atoms with Gasteiger partial charge < -0.3 is 0 Å². The van der Waals surface area contributed by atoms with E-state index in [1.807, 2.05) is 0 Å². The predicted molar refractivity (Wildman–Crippen MR) is 91.3 cm³/mol. The molecule has 0 aromatic heterocycles. The Bertz CT molecular complexity index is 798. The Kier molecular flexibility index (Phi) is 5.26. The van der Waals surface area contributed by atoms with Crippen LogP contribution in [0.3, 0.4) is 0 Å². The lowest BCUT2D eigenvalue weighted by Crippen LogP contribution is -2.08. The molecule has 25 heavy (non-hydrogen) atoms. The molecule has 0 unspecified atom stereocenters. The molecule has 1 aliphatic rings. The van der Waals surface area contributed by atoms with E-state index in [0.29, 0.717) is 35.1 Å². The lowest BCUT2D eigenvalue weighted by Gasteiger charge is -2.19. The van der Waals surface area contributed by atoms with E-state index in [9.17, 15) is 17.6 Å². The van der Waals surface area contributed by atoms with Crippen LogP contribution in [0.15, 0.2) is 30.3 Å². The number of aryl methyl sites for hydroxylation is 1. The Labute approximate surface area is 145 Å². The number of allylic oxidation sites excluding steroid dienone is 2. The molecular formula is C21H20F4. The number of hydrogen-bond acceptors (Lipinski definition) is 0. The zero-order valence-corrected chi connectivity index (χ0v) is 14.1. The fraction of sp³-hybridized carbons (Fsp3) is 0.333. The molecule has 2 aromatic carbocycles. The summed E-state index contributed by atoms with van der Waals surface area (Å²) in [6, 6.07) is 5.04.